The molecule has 0 spiro atoms. The molecule has 0 aromatic rings. The highest BCUT2D eigenvalue weighted by atomic mass is 16.5. The van der Waals surface area contributed by atoms with Crippen LogP contribution in [0, 0.1) is 0 Å². The fourth-order valence-electron chi connectivity index (χ4n) is 0.492. The first-order valence-electron chi connectivity index (χ1n) is 4.72. The van der Waals surface area contributed by atoms with Gasteiger partial charge in [0.05, 0.1) is 13.7 Å². The van der Waals surface area contributed by atoms with E-state index in [0.29, 0.717) is 5.57 Å². The number of methoxy groups -OCH3 is 1. The summed E-state index contributed by atoms with van der Waals surface area (Å²) in [5, 5.41) is 2.36. The normalized spacial score (nSPS) is 8.00. The van der Waals surface area contributed by atoms with E-state index in [4.69, 9.17) is 0 Å². The molecule has 0 saturated carbocycles. The zero-order chi connectivity index (χ0) is 12.3. The predicted octanol–water partition coefficient (Wildman–Crippen LogP) is 1.73. The number of hydrogen-bond donors (Lipinski definition) is 1. The number of amides is 1. The van der Waals surface area contributed by atoms with Crippen molar-refractivity contribution < 1.29 is 20.5 Å². The molecule has 0 atom stereocenters. The Balaban J connectivity index is -0.000000529. The number of ether oxygens (including phenoxy) is 2. The molecule has 1 amide bonds. The van der Waals surface area contributed by atoms with Gasteiger partial charge in [-0.25, -0.2) is 9.59 Å². The van der Waals surface area contributed by atoms with Crippen molar-refractivity contribution >= 4 is 12.1 Å². The van der Waals surface area contributed by atoms with E-state index >= 15 is 0 Å². The van der Waals surface area contributed by atoms with E-state index in [-0.39, 0.29) is 14.6 Å². The van der Waals surface area contributed by atoms with Gasteiger partial charge in [0.15, 0.2) is 0 Å². The van der Waals surface area contributed by atoms with Crippen LogP contribution in [0.3, 0.4) is 0 Å². The van der Waals surface area contributed by atoms with Crippen molar-refractivity contribution in [2.45, 2.75) is 20.8 Å². The second kappa shape index (κ2) is 10.6. The maximum absolute atomic E-state index is 10.8. The molecule has 0 radical (unpaired) electrons. The summed E-state index contributed by atoms with van der Waals surface area (Å²) < 4.78 is 8.99. The number of alkyl carbamates (subject to hydrolysis) is 1. The third kappa shape index (κ3) is 10.4. The minimum atomic E-state index is -0.550. The van der Waals surface area contributed by atoms with Gasteiger partial charge in [0.1, 0.15) is 6.61 Å². The van der Waals surface area contributed by atoms with Gasteiger partial charge in [-0.1, -0.05) is 20.4 Å². The highest BCUT2D eigenvalue weighted by Crippen LogP contribution is 1.90. The summed E-state index contributed by atoms with van der Waals surface area (Å²) in [5.74, 6) is -0.466. The molecule has 0 unspecified atom stereocenters. The lowest BCUT2D eigenvalue weighted by Gasteiger charge is -2.04. The molecule has 0 aliphatic heterocycles. The van der Waals surface area contributed by atoms with Gasteiger partial charge in [0, 0.05) is 7.00 Å². The molecule has 0 saturated heterocycles. The Morgan fingerprint density at radius 2 is 1.93 bits per heavy atom. The fourth-order valence-corrected chi connectivity index (χ4v) is 0.492. The topological polar surface area (TPSA) is 64.6 Å². The van der Waals surface area contributed by atoms with E-state index in [9.17, 15) is 9.59 Å². The van der Waals surface area contributed by atoms with Crippen LogP contribution in [0.5, 0.6) is 0 Å². The standard InChI is InChI=1S/C8H13NO4.C2H6.H2/c1-6(2)7(10)13-5-4-9-8(11)12-3;1-2;/h1,4-5H2,2-3H3,(H,9,11);1-2H3;1H. The van der Waals surface area contributed by atoms with E-state index in [1.807, 2.05) is 13.8 Å². The van der Waals surface area contributed by atoms with Gasteiger partial charge < -0.3 is 14.8 Å². The first-order chi connectivity index (χ1) is 7.07. The van der Waals surface area contributed by atoms with E-state index in [2.05, 4.69) is 21.4 Å². The fraction of sp³-hybridized carbons (Fsp3) is 0.600. The largest absolute Gasteiger partial charge is 0.460 e. The minimum absolute atomic E-state index is 0. The maximum atomic E-state index is 10.8. The Kier molecular flexibility index (Phi) is 11.2. The average Bonchev–Trinajstić information content (AvgIpc) is 2.26. The molecule has 0 aliphatic rings. The van der Waals surface area contributed by atoms with Gasteiger partial charge in [0.2, 0.25) is 0 Å². The molecular weight excluding hydrogens is 198 g/mol. The molecule has 0 bridgehead atoms. The summed E-state index contributed by atoms with van der Waals surface area (Å²) >= 11 is 0. The Labute approximate surface area is 91.9 Å². The summed E-state index contributed by atoms with van der Waals surface area (Å²) in [4.78, 5) is 21.3. The average molecular weight is 219 g/mol. The third-order valence-corrected chi connectivity index (χ3v) is 1.14. The highest BCUT2D eigenvalue weighted by Gasteiger charge is 2.02. The smallest absolute Gasteiger partial charge is 0.406 e. The molecule has 90 valence electrons. The number of nitrogens with one attached hydrogen (secondary N) is 1. The molecule has 0 aromatic carbocycles. The van der Waals surface area contributed by atoms with Crippen LogP contribution in [0.25, 0.3) is 0 Å². The summed E-state index contributed by atoms with van der Waals surface area (Å²) in [6.45, 7) is 9.29. The second-order valence-corrected chi connectivity index (χ2v) is 2.33. The van der Waals surface area contributed by atoms with Crippen molar-refractivity contribution in [3.05, 3.63) is 12.2 Å². The van der Waals surface area contributed by atoms with Crippen molar-refractivity contribution in [1.82, 2.24) is 5.32 Å². The predicted molar refractivity (Wildman–Crippen MR) is 59.6 cm³/mol. The quantitative estimate of drug-likeness (QED) is 0.444. The third-order valence-electron chi connectivity index (χ3n) is 1.14. The van der Waals surface area contributed by atoms with Crippen molar-refractivity contribution in [2.75, 3.05) is 20.3 Å². The van der Waals surface area contributed by atoms with Gasteiger partial charge in [-0.3, -0.25) is 0 Å². The van der Waals surface area contributed by atoms with Gasteiger partial charge in [-0.05, 0) is 6.92 Å². The number of hydrogen-bond acceptors (Lipinski definition) is 4. The Morgan fingerprint density at radius 1 is 1.40 bits per heavy atom. The van der Waals surface area contributed by atoms with Crippen LogP contribution >= 0.6 is 0 Å². The molecular formula is C10H21NO4. The molecule has 0 rings (SSSR count). The highest BCUT2D eigenvalue weighted by molar-refractivity contribution is 5.86. The molecule has 0 aromatic heterocycles. The van der Waals surface area contributed by atoms with Gasteiger partial charge >= 0.3 is 12.1 Å². The van der Waals surface area contributed by atoms with Crippen LogP contribution in [0.2, 0.25) is 0 Å². The summed E-state index contributed by atoms with van der Waals surface area (Å²) in [5.41, 5.74) is 0.332. The molecule has 0 aliphatic carbocycles. The Morgan fingerprint density at radius 3 is 2.33 bits per heavy atom. The van der Waals surface area contributed by atoms with E-state index in [1.54, 1.807) is 6.92 Å². The second-order valence-electron chi connectivity index (χ2n) is 2.33. The lowest BCUT2D eigenvalue weighted by Crippen LogP contribution is -2.27. The molecule has 0 fully saturated rings. The van der Waals surface area contributed by atoms with Crippen LogP contribution in [-0.4, -0.2) is 32.3 Å². The van der Waals surface area contributed by atoms with Gasteiger partial charge in [-0.15, -0.1) is 0 Å². The first kappa shape index (κ1) is 15.9. The molecule has 0 heterocycles. The van der Waals surface area contributed by atoms with Gasteiger partial charge in [0.25, 0.3) is 0 Å². The van der Waals surface area contributed by atoms with Crippen molar-refractivity contribution in [3.8, 4) is 0 Å². The zero-order valence-electron chi connectivity index (χ0n) is 9.75. The summed E-state index contributed by atoms with van der Waals surface area (Å²) in [7, 11) is 1.26. The van der Waals surface area contributed by atoms with Gasteiger partial charge in [-0.2, -0.15) is 0 Å². The first-order valence-corrected chi connectivity index (χ1v) is 4.72. The Bertz CT molecular complexity index is 219. The van der Waals surface area contributed by atoms with Crippen LogP contribution in [-0.2, 0) is 14.3 Å². The van der Waals surface area contributed by atoms with Crippen LogP contribution < -0.4 is 5.32 Å². The van der Waals surface area contributed by atoms with Crippen LogP contribution in [0.15, 0.2) is 12.2 Å². The Hall–Kier alpha value is -1.52. The molecule has 5 nitrogen and oxygen atoms in total. The van der Waals surface area contributed by atoms with Crippen molar-refractivity contribution in [2.24, 2.45) is 0 Å². The van der Waals surface area contributed by atoms with E-state index < -0.39 is 12.1 Å². The zero-order valence-corrected chi connectivity index (χ0v) is 9.75. The monoisotopic (exact) mass is 219 g/mol. The molecule has 5 heteroatoms. The summed E-state index contributed by atoms with van der Waals surface area (Å²) in [6, 6.07) is 0. The lowest BCUT2D eigenvalue weighted by molar-refractivity contribution is -0.138. The van der Waals surface area contributed by atoms with Crippen molar-refractivity contribution in [3.63, 3.8) is 0 Å². The van der Waals surface area contributed by atoms with Crippen LogP contribution in [0.4, 0.5) is 4.79 Å². The van der Waals surface area contributed by atoms with E-state index in [1.165, 1.54) is 7.11 Å². The maximum Gasteiger partial charge on any atom is 0.406 e. The number of carbonyl (C=O) groups excluding carboxylic acids is 2. The SMILES string of the molecule is C=C(C)C(=O)OCCNC(=O)OC.CC.[HH]. The lowest BCUT2D eigenvalue weighted by atomic mass is 10.4. The minimum Gasteiger partial charge on any atom is -0.460 e. The van der Waals surface area contributed by atoms with Crippen LogP contribution in [0.1, 0.15) is 22.2 Å². The van der Waals surface area contributed by atoms with Crippen molar-refractivity contribution in [1.29, 1.82) is 0 Å². The number of esters is 1. The number of rotatable bonds is 4. The number of carbonyl (C=O) groups is 2. The summed E-state index contributed by atoms with van der Waals surface area (Å²) in [6.07, 6.45) is -0.550. The van der Waals surface area contributed by atoms with E-state index in [0.717, 1.165) is 0 Å². The molecule has 15 heavy (non-hydrogen) atoms. The molecule has 1 N–H and O–H groups in total.